The minimum atomic E-state index is -0.545. The first-order valence-corrected chi connectivity index (χ1v) is 8.54. The SMILES string of the molecule is C=C(C)C(=O)Oc1ccccc1C(=O)c1ccc(-c2ccccc2)s1. The minimum Gasteiger partial charge on any atom is -0.422 e. The summed E-state index contributed by atoms with van der Waals surface area (Å²) in [5.41, 5.74) is 1.71. The van der Waals surface area contributed by atoms with Gasteiger partial charge in [0.05, 0.1) is 10.4 Å². The molecule has 0 radical (unpaired) electrons. The van der Waals surface area contributed by atoms with Crippen molar-refractivity contribution < 1.29 is 14.3 Å². The molecule has 0 aliphatic heterocycles. The molecule has 3 nitrogen and oxygen atoms in total. The van der Waals surface area contributed by atoms with Crippen molar-refractivity contribution in [2.45, 2.75) is 6.92 Å². The molecule has 0 saturated carbocycles. The van der Waals surface area contributed by atoms with Crippen LogP contribution in [0.1, 0.15) is 22.2 Å². The Morgan fingerprint density at radius 2 is 1.60 bits per heavy atom. The number of esters is 1. The Hall–Kier alpha value is -2.98. The molecule has 0 unspecified atom stereocenters. The van der Waals surface area contributed by atoms with Crippen LogP contribution >= 0.6 is 11.3 Å². The monoisotopic (exact) mass is 348 g/mol. The zero-order chi connectivity index (χ0) is 17.8. The number of para-hydroxylation sites is 1. The average Bonchev–Trinajstić information content (AvgIpc) is 3.12. The minimum absolute atomic E-state index is 0.169. The maximum Gasteiger partial charge on any atom is 0.338 e. The van der Waals surface area contributed by atoms with Crippen LogP contribution in [0.3, 0.4) is 0 Å². The predicted octanol–water partition coefficient (Wildman–Crippen LogP) is 5.13. The van der Waals surface area contributed by atoms with E-state index in [1.807, 2.05) is 36.4 Å². The number of rotatable bonds is 5. The van der Waals surface area contributed by atoms with E-state index < -0.39 is 5.97 Å². The van der Waals surface area contributed by atoms with Gasteiger partial charge in [0.25, 0.3) is 0 Å². The summed E-state index contributed by atoms with van der Waals surface area (Å²) in [7, 11) is 0. The first-order valence-electron chi connectivity index (χ1n) is 7.73. The zero-order valence-corrected chi connectivity index (χ0v) is 14.5. The number of ketones is 1. The molecule has 25 heavy (non-hydrogen) atoms. The van der Waals surface area contributed by atoms with Crippen molar-refractivity contribution in [3.8, 4) is 16.2 Å². The second kappa shape index (κ2) is 7.28. The van der Waals surface area contributed by atoms with E-state index in [9.17, 15) is 9.59 Å². The molecule has 124 valence electrons. The average molecular weight is 348 g/mol. The highest BCUT2D eigenvalue weighted by Gasteiger charge is 2.18. The van der Waals surface area contributed by atoms with E-state index in [-0.39, 0.29) is 17.1 Å². The van der Waals surface area contributed by atoms with E-state index in [1.54, 1.807) is 37.3 Å². The Morgan fingerprint density at radius 1 is 0.920 bits per heavy atom. The van der Waals surface area contributed by atoms with Gasteiger partial charge in [0.2, 0.25) is 5.78 Å². The highest BCUT2D eigenvalue weighted by Crippen LogP contribution is 2.31. The molecule has 2 aromatic carbocycles. The number of benzene rings is 2. The largest absolute Gasteiger partial charge is 0.422 e. The summed E-state index contributed by atoms with van der Waals surface area (Å²) in [5.74, 6) is -0.469. The summed E-state index contributed by atoms with van der Waals surface area (Å²) in [5, 5.41) is 0. The third-order valence-electron chi connectivity index (χ3n) is 3.57. The Bertz CT molecular complexity index is 939. The molecule has 0 saturated heterocycles. The van der Waals surface area contributed by atoms with Gasteiger partial charge in [0.1, 0.15) is 5.75 Å². The van der Waals surface area contributed by atoms with Crippen LogP contribution in [0.15, 0.2) is 78.9 Å². The van der Waals surface area contributed by atoms with Gasteiger partial charge in [0.15, 0.2) is 0 Å². The quantitative estimate of drug-likeness (QED) is 0.278. The molecule has 4 heteroatoms. The fourth-order valence-electron chi connectivity index (χ4n) is 2.28. The molecule has 1 heterocycles. The van der Waals surface area contributed by atoms with Gasteiger partial charge < -0.3 is 4.74 Å². The molecule has 3 rings (SSSR count). The van der Waals surface area contributed by atoms with Crippen molar-refractivity contribution in [2.75, 3.05) is 0 Å². The number of thiophene rings is 1. The second-order valence-corrected chi connectivity index (χ2v) is 6.61. The van der Waals surface area contributed by atoms with Crippen LogP contribution < -0.4 is 4.74 Å². The van der Waals surface area contributed by atoms with Crippen molar-refractivity contribution in [3.63, 3.8) is 0 Å². The van der Waals surface area contributed by atoms with Gasteiger partial charge >= 0.3 is 5.97 Å². The predicted molar refractivity (Wildman–Crippen MR) is 100 cm³/mol. The number of hydrogen-bond acceptors (Lipinski definition) is 4. The van der Waals surface area contributed by atoms with Crippen LogP contribution in [0, 0.1) is 0 Å². The molecule has 0 amide bonds. The van der Waals surface area contributed by atoms with Crippen LogP contribution in [-0.2, 0) is 4.79 Å². The third-order valence-corrected chi connectivity index (χ3v) is 4.70. The second-order valence-electron chi connectivity index (χ2n) is 5.53. The molecule has 0 atom stereocenters. The van der Waals surface area contributed by atoms with Crippen molar-refractivity contribution in [1.29, 1.82) is 0 Å². The summed E-state index contributed by atoms with van der Waals surface area (Å²) in [6, 6.07) is 20.3. The molecular weight excluding hydrogens is 332 g/mol. The van der Waals surface area contributed by atoms with Gasteiger partial charge in [-0.1, -0.05) is 49.0 Å². The fraction of sp³-hybridized carbons (Fsp3) is 0.0476. The van der Waals surface area contributed by atoms with Crippen LogP contribution in [0.2, 0.25) is 0 Å². The van der Waals surface area contributed by atoms with E-state index in [0.29, 0.717) is 10.4 Å². The van der Waals surface area contributed by atoms with E-state index >= 15 is 0 Å². The summed E-state index contributed by atoms with van der Waals surface area (Å²) in [6.45, 7) is 5.13. The fourth-order valence-corrected chi connectivity index (χ4v) is 3.25. The first kappa shape index (κ1) is 16.9. The highest BCUT2D eigenvalue weighted by atomic mass is 32.1. The van der Waals surface area contributed by atoms with Gasteiger partial charge in [-0.15, -0.1) is 11.3 Å². The Kier molecular flexibility index (Phi) is 4.91. The number of carbonyl (C=O) groups is 2. The molecule has 0 bridgehead atoms. The van der Waals surface area contributed by atoms with Gasteiger partial charge in [-0.05, 0) is 36.8 Å². The number of carbonyl (C=O) groups excluding carboxylic acids is 2. The van der Waals surface area contributed by atoms with E-state index in [2.05, 4.69) is 6.58 Å². The molecule has 0 spiro atoms. The molecule has 0 fully saturated rings. The van der Waals surface area contributed by atoms with Crippen LogP contribution in [0.5, 0.6) is 5.75 Å². The summed E-state index contributed by atoms with van der Waals surface area (Å²) >= 11 is 1.42. The van der Waals surface area contributed by atoms with Gasteiger partial charge in [-0.3, -0.25) is 4.79 Å². The first-order chi connectivity index (χ1) is 12.1. The normalized spacial score (nSPS) is 10.3. The van der Waals surface area contributed by atoms with E-state index in [4.69, 9.17) is 4.74 Å². The maximum atomic E-state index is 12.9. The lowest BCUT2D eigenvalue weighted by molar-refractivity contribution is -0.130. The standard InChI is InChI=1S/C21H16O3S/c1-14(2)21(23)24-17-11-7-6-10-16(17)20(22)19-13-12-18(25-19)15-8-4-3-5-9-15/h3-13H,1H2,2H3. The molecule has 3 aromatic rings. The van der Waals surface area contributed by atoms with Gasteiger partial charge in [-0.25, -0.2) is 4.79 Å². The van der Waals surface area contributed by atoms with Gasteiger partial charge in [-0.2, -0.15) is 0 Å². The molecule has 0 N–H and O–H groups in total. The van der Waals surface area contributed by atoms with Crippen LogP contribution in [0.25, 0.3) is 10.4 Å². The number of hydrogen-bond donors (Lipinski definition) is 0. The van der Waals surface area contributed by atoms with Gasteiger partial charge in [0, 0.05) is 10.5 Å². The van der Waals surface area contributed by atoms with Crippen LogP contribution in [-0.4, -0.2) is 11.8 Å². The van der Waals surface area contributed by atoms with Crippen molar-refractivity contribution >= 4 is 23.1 Å². The Balaban J connectivity index is 1.91. The maximum absolute atomic E-state index is 12.9. The highest BCUT2D eigenvalue weighted by molar-refractivity contribution is 7.17. The van der Waals surface area contributed by atoms with Crippen molar-refractivity contribution in [2.24, 2.45) is 0 Å². The van der Waals surface area contributed by atoms with E-state index in [0.717, 1.165) is 10.4 Å². The summed E-state index contributed by atoms with van der Waals surface area (Å²) in [4.78, 5) is 26.3. The Morgan fingerprint density at radius 3 is 2.32 bits per heavy atom. The lowest BCUT2D eigenvalue weighted by atomic mass is 10.1. The van der Waals surface area contributed by atoms with E-state index in [1.165, 1.54) is 11.3 Å². The molecule has 1 aromatic heterocycles. The Labute approximate surface area is 150 Å². The number of ether oxygens (including phenoxy) is 1. The lowest BCUT2D eigenvalue weighted by Gasteiger charge is -2.08. The topological polar surface area (TPSA) is 43.4 Å². The third kappa shape index (κ3) is 3.75. The zero-order valence-electron chi connectivity index (χ0n) is 13.7. The van der Waals surface area contributed by atoms with Crippen molar-refractivity contribution in [3.05, 3.63) is 89.3 Å². The molecular formula is C21H16O3S. The lowest BCUT2D eigenvalue weighted by Crippen LogP contribution is -2.11. The molecule has 0 aliphatic carbocycles. The summed E-state index contributed by atoms with van der Waals surface area (Å²) < 4.78 is 5.29. The summed E-state index contributed by atoms with van der Waals surface area (Å²) in [6.07, 6.45) is 0. The smallest absolute Gasteiger partial charge is 0.338 e. The molecule has 0 aliphatic rings. The van der Waals surface area contributed by atoms with Crippen LogP contribution in [0.4, 0.5) is 0 Å². The van der Waals surface area contributed by atoms with Crippen molar-refractivity contribution in [1.82, 2.24) is 0 Å².